The van der Waals surface area contributed by atoms with Crippen molar-refractivity contribution in [1.29, 1.82) is 0 Å². The number of benzene rings is 1. The molecule has 1 aliphatic heterocycles. The minimum absolute atomic E-state index is 0.309. The Hall–Kier alpha value is -1.88. The van der Waals surface area contributed by atoms with Crippen LogP contribution in [-0.4, -0.2) is 45.2 Å². The zero-order valence-corrected chi connectivity index (χ0v) is 12.5. The number of carbonyl (C=O) groups is 1. The minimum Gasteiger partial charge on any atom is -0.478 e. The van der Waals surface area contributed by atoms with Crippen molar-refractivity contribution >= 4 is 17.0 Å². The summed E-state index contributed by atoms with van der Waals surface area (Å²) in [5, 5.41) is 9.46. The molecule has 1 saturated heterocycles. The zero-order valence-electron chi connectivity index (χ0n) is 12.5. The molecule has 1 aliphatic rings. The molecule has 1 fully saturated rings. The molecule has 112 valence electrons. The van der Waals surface area contributed by atoms with E-state index in [0.717, 1.165) is 49.3 Å². The molecule has 1 unspecified atom stereocenters. The van der Waals surface area contributed by atoms with Gasteiger partial charge in [-0.1, -0.05) is 13.0 Å². The molecule has 5 nitrogen and oxygen atoms in total. The van der Waals surface area contributed by atoms with Gasteiger partial charge >= 0.3 is 5.97 Å². The minimum atomic E-state index is -0.884. The number of likely N-dealkylation sites (N-methyl/N-ethyl adjacent to an activating group) is 1. The van der Waals surface area contributed by atoms with E-state index in [0.29, 0.717) is 11.6 Å². The van der Waals surface area contributed by atoms with Gasteiger partial charge in [0, 0.05) is 12.6 Å². The Morgan fingerprint density at radius 1 is 1.48 bits per heavy atom. The predicted octanol–water partition coefficient (Wildman–Crippen LogP) is 2.70. The van der Waals surface area contributed by atoms with E-state index in [2.05, 4.69) is 21.4 Å². The lowest BCUT2D eigenvalue weighted by Gasteiger charge is -2.33. The standard InChI is InChI=1S/C16H21N3O2/c1-3-18-9-5-6-12(10-18)19-11(2)17-14-8-4-7-13(15(14)19)16(20)21/h4,7-8,12H,3,5-6,9-10H2,1-2H3,(H,20,21). The molecule has 5 heteroatoms. The summed E-state index contributed by atoms with van der Waals surface area (Å²) in [6.45, 7) is 7.27. The third-order valence-corrected chi connectivity index (χ3v) is 4.41. The molecule has 0 bridgehead atoms. The highest BCUT2D eigenvalue weighted by molar-refractivity contribution is 6.01. The van der Waals surface area contributed by atoms with E-state index in [1.807, 2.05) is 13.0 Å². The predicted molar refractivity (Wildman–Crippen MR) is 81.8 cm³/mol. The van der Waals surface area contributed by atoms with Crippen LogP contribution in [-0.2, 0) is 0 Å². The Labute approximate surface area is 124 Å². The maximum absolute atomic E-state index is 11.5. The maximum atomic E-state index is 11.5. The second kappa shape index (κ2) is 5.48. The number of fused-ring (bicyclic) bond motifs is 1. The molecule has 3 rings (SSSR count). The third-order valence-electron chi connectivity index (χ3n) is 4.41. The number of hydrogen-bond donors (Lipinski definition) is 1. The van der Waals surface area contributed by atoms with Gasteiger partial charge in [-0.05, 0) is 45.0 Å². The fourth-order valence-electron chi connectivity index (χ4n) is 3.41. The molecule has 0 radical (unpaired) electrons. The number of aromatic carboxylic acids is 1. The van der Waals surface area contributed by atoms with Crippen LogP contribution in [0.1, 0.15) is 42.0 Å². The highest BCUT2D eigenvalue weighted by atomic mass is 16.4. The van der Waals surface area contributed by atoms with E-state index in [9.17, 15) is 9.90 Å². The summed E-state index contributed by atoms with van der Waals surface area (Å²) in [7, 11) is 0. The average molecular weight is 287 g/mol. The Kier molecular flexibility index (Phi) is 3.68. The van der Waals surface area contributed by atoms with Gasteiger partial charge in [0.1, 0.15) is 5.82 Å². The number of rotatable bonds is 3. The molecular weight excluding hydrogens is 266 g/mol. The van der Waals surface area contributed by atoms with Gasteiger partial charge in [0.2, 0.25) is 0 Å². The quantitative estimate of drug-likeness (QED) is 0.943. The fraction of sp³-hybridized carbons (Fsp3) is 0.500. The van der Waals surface area contributed by atoms with Crippen molar-refractivity contribution in [3.8, 4) is 0 Å². The van der Waals surface area contributed by atoms with E-state index in [4.69, 9.17) is 0 Å². The Balaban J connectivity index is 2.13. The Morgan fingerprint density at radius 3 is 3.00 bits per heavy atom. The smallest absolute Gasteiger partial charge is 0.337 e. The number of aryl methyl sites for hydroxylation is 1. The van der Waals surface area contributed by atoms with Crippen LogP contribution in [0.25, 0.3) is 11.0 Å². The van der Waals surface area contributed by atoms with Gasteiger partial charge < -0.3 is 14.6 Å². The molecule has 2 heterocycles. The first-order valence-corrected chi connectivity index (χ1v) is 7.55. The molecule has 0 amide bonds. The molecule has 0 aliphatic carbocycles. The monoisotopic (exact) mass is 287 g/mol. The Bertz CT molecular complexity index is 677. The molecule has 21 heavy (non-hydrogen) atoms. The lowest BCUT2D eigenvalue weighted by atomic mass is 10.0. The molecule has 0 spiro atoms. The van der Waals surface area contributed by atoms with Gasteiger partial charge in [-0.25, -0.2) is 9.78 Å². The van der Waals surface area contributed by atoms with Crippen molar-refractivity contribution in [2.45, 2.75) is 32.7 Å². The van der Waals surface area contributed by atoms with E-state index in [1.54, 1.807) is 12.1 Å². The SMILES string of the molecule is CCN1CCCC(n2c(C)nc3cccc(C(=O)O)c32)C1. The fourth-order valence-corrected chi connectivity index (χ4v) is 3.41. The Morgan fingerprint density at radius 2 is 2.29 bits per heavy atom. The first kappa shape index (κ1) is 14.1. The molecule has 1 aromatic carbocycles. The topological polar surface area (TPSA) is 58.4 Å². The summed E-state index contributed by atoms with van der Waals surface area (Å²) in [5.74, 6) is 0.0200. The number of piperidine rings is 1. The second-order valence-electron chi connectivity index (χ2n) is 5.70. The third kappa shape index (κ3) is 2.42. The van der Waals surface area contributed by atoms with Gasteiger partial charge in [0.05, 0.1) is 16.6 Å². The molecule has 1 atom stereocenters. The summed E-state index contributed by atoms with van der Waals surface area (Å²) in [5.41, 5.74) is 1.90. The number of para-hydroxylation sites is 1. The summed E-state index contributed by atoms with van der Waals surface area (Å²) in [6.07, 6.45) is 2.23. The lowest BCUT2D eigenvalue weighted by Crippen LogP contribution is -2.36. The maximum Gasteiger partial charge on any atom is 0.337 e. The van der Waals surface area contributed by atoms with Gasteiger partial charge in [-0.15, -0.1) is 0 Å². The van der Waals surface area contributed by atoms with Crippen molar-refractivity contribution < 1.29 is 9.90 Å². The van der Waals surface area contributed by atoms with Gasteiger partial charge in [-0.3, -0.25) is 0 Å². The molecular formula is C16H21N3O2. The summed E-state index contributed by atoms with van der Waals surface area (Å²) >= 11 is 0. The van der Waals surface area contributed by atoms with E-state index >= 15 is 0 Å². The van der Waals surface area contributed by atoms with Crippen molar-refractivity contribution in [1.82, 2.24) is 14.5 Å². The summed E-state index contributed by atoms with van der Waals surface area (Å²) in [6, 6.07) is 5.64. The van der Waals surface area contributed by atoms with Gasteiger partial charge in [-0.2, -0.15) is 0 Å². The van der Waals surface area contributed by atoms with Crippen molar-refractivity contribution in [3.05, 3.63) is 29.6 Å². The van der Waals surface area contributed by atoms with Crippen LogP contribution in [0.3, 0.4) is 0 Å². The second-order valence-corrected chi connectivity index (χ2v) is 5.70. The van der Waals surface area contributed by atoms with Crippen LogP contribution in [0.5, 0.6) is 0 Å². The highest BCUT2D eigenvalue weighted by Crippen LogP contribution is 2.29. The first-order chi connectivity index (χ1) is 10.1. The van der Waals surface area contributed by atoms with Crippen molar-refractivity contribution in [2.24, 2.45) is 0 Å². The number of imidazole rings is 1. The number of likely N-dealkylation sites (tertiary alicyclic amines) is 1. The number of hydrogen-bond acceptors (Lipinski definition) is 3. The van der Waals surface area contributed by atoms with Crippen LogP contribution in [0.4, 0.5) is 0 Å². The van der Waals surface area contributed by atoms with E-state index < -0.39 is 5.97 Å². The largest absolute Gasteiger partial charge is 0.478 e. The zero-order chi connectivity index (χ0) is 15.0. The van der Waals surface area contributed by atoms with Gasteiger partial charge in [0.15, 0.2) is 0 Å². The lowest BCUT2D eigenvalue weighted by molar-refractivity contribution is 0.0698. The average Bonchev–Trinajstić information content (AvgIpc) is 2.82. The van der Waals surface area contributed by atoms with E-state index in [-0.39, 0.29) is 0 Å². The summed E-state index contributed by atoms with van der Waals surface area (Å²) in [4.78, 5) is 18.5. The molecule has 0 saturated carbocycles. The number of carboxylic acid groups (broad SMARTS) is 1. The van der Waals surface area contributed by atoms with Crippen LogP contribution >= 0.6 is 0 Å². The van der Waals surface area contributed by atoms with Crippen LogP contribution < -0.4 is 0 Å². The first-order valence-electron chi connectivity index (χ1n) is 7.55. The molecule has 1 aromatic heterocycles. The summed E-state index contributed by atoms with van der Waals surface area (Å²) < 4.78 is 2.14. The van der Waals surface area contributed by atoms with Crippen LogP contribution in [0.15, 0.2) is 18.2 Å². The van der Waals surface area contributed by atoms with E-state index in [1.165, 1.54) is 0 Å². The van der Waals surface area contributed by atoms with Crippen LogP contribution in [0.2, 0.25) is 0 Å². The molecule has 1 N–H and O–H groups in total. The molecule has 2 aromatic rings. The van der Waals surface area contributed by atoms with Crippen LogP contribution in [0, 0.1) is 6.92 Å². The highest BCUT2D eigenvalue weighted by Gasteiger charge is 2.25. The number of aromatic nitrogens is 2. The normalized spacial score (nSPS) is 20.0. The van der Waals surface area contributed by atoms with Gasteiger partial charge in [0.25, 0.3) is 0 Å². The number of nitrogens with zero attached hydrogens (tertiary/aromatic N) is 3. The van der Waals surface area contributed by atoms with Crippen molar-refractivity contribution in [2.75, 3.05) is 19.6 Å². The van der Waals surface area contributed by atoms with Crippen molar-refractivity contribution in [3.63, 3.8) is 0 Å². The number of carboxylic acids is 1.